The average Bonchev–Trinajstić information content (AvgIpc) is 2.19. The molecule has 0 heterocycles. The van der Waals surface area contributed by atoms with Gasteiger partial charge in [-0.15, -0.1) is 0 Å². The van der Waals surface area contributed by atoms with Crippen molar-refractivity contribution >= 4 is 11.6 Å². The Kier molecular flexibility index (Phi) is 3.82. The van der Waals surface area contributed by atoms with E-state index in [1.165, 1.54) is 12.1 Å². The number of carbonyl (C=O) groups is 1. The van der Waals surface area contributed by atoms with Crippen LogP contribution in [0.4, 0.5) is 5.69 Å². The van der Waals surface area contributed by atoms with Crippen LogP contribution in [0.15, 0.2) is 18.2 Å². The summed E-state index contributed by atoms with van der Waals surface area (Å²) in [4.78, 5) is 20.6. The SMILES string of the molecule is Cc1c(OCCC(N)=O)cccc1[N+](=O)[O-]. The standard InChI is InChI=1S/C10H12N2O4/c1-7-8(12(14)15)3-2-4-9(7)16-6-5-10(11)13/h2-4H,5-6H2,1H3,(H2,11,13). The van der Waals surface area contributed by atoms with Crippen molar-refractivity contribution in [2.45, 2.75) is 13.3 Å². The van der Waals surface area contributed by atoms with Gasteiger partial charge in [-0.05, 0) is 13.0 Å². The number of ether oxygens (including phenoxy) is 1. The van der Waals surface area contributed by atoms with Crippen LogP contribution >= 0.6 is 0 Å². The first-order valence-electron chi connectivity index (χ1n) is 4.67. The molecule has 6 nitrogen and oxygen atoms in total. The van der Waals surface area contributed by atoms with Gasteiger partial charge in [0.05, 0.1) is 23.5 Å². The van der Waals surface area contributed by atoms with Crippen LogP contribution in [0.3, 0.4) is 0 Å². The van der Waals surface area contributed by atoms with E-state index in [1.54, 1.807) is 13.0 Å². The van der Waals surface area contributed by atoms with E-state index in [9.17, 15) is 14.9 Å². The molecule has 0 aliphatic heterocycles. The molecular weight excluding hydrogens is 212 g/mol. The van der Waals surface area contributed by atoms with E-state index in [0.29, 0.717) is 11.3 Å². The number of rotatable bonds is 5. The molecule has 0 aliphatic rings. The molecule has 0 bridgehead atoms. The van der Waals surface area contributed by atoms with Crippen molar-refractivity contribution in [1.29, 1.82) is 0 Å². The first-order valence-corrected chi connectivity index (χ1v) is 4.67. The summed E-state index contributed by atoms with van der Waals surface area (Å²) >= 11 is 0. The fourth-order valence-corrected chi connectivity index (χ4v) is 1.22. The molecule has 1 rings (SSSR count). The molecule has 0 fully saturated rings. The largest absolute Gasteiger partial charge is 0.493 e. The summed E-state index contributed by atoms with van der Waals surface area (Å²) in [5.74, 6) is -0.0708. The van der Waals surface area contributed by atoms with Gasteiger partial charge in [0.1, 0.15) is 5.75 Å². The van der Waals surface area contributed by atoms with E-state index < -0.39 is 10.8 Å². The Balaban J connectivity index is 2.77. The van der Waals surface area contributed by atoms with Crippen LogP contribution in [0.1, 0.15) is 12.0 Å². The normalized spacial score (nSPS) is 9.81. The minimum atomic E-state index is -0.476. The van der Waals surface area contributed by atoms with Gasteiger partial charge >= 0.3 is 0 Å². The summed E-state index contributed by atoms with van der Waals surface area (Å²) in [6.45, 7) is 1.72. The van der Waals surface area contributed by atoms with Crippen LogP contribution in [0.25, 0.3) is 0 Å². The van der Waals surface area contributed by atoms with Crippen molar-refractivity contribution < 1.29 is 14.5 Å². The van der Waals surface area contributed by atoms with E-state index in [4.69, 9.17) is 10.5 Å². The van der Waals surface area contributed by atoms with Crippen LogP contribution in [0.2, 0.25) is 0 Å². The summed E-state index contributed by atoms with van der Waals surface area (Å²) in [6.07, 6.45) is 0.0854. The molecule has 0 atom stereocenters. The topological polar surface area (TPSA) is 95.5 Å². The van der Waals surface area contributed by atoms with Crippen molar-refractivity contribution in [3.63, 3.8) is 0 Å². The van der Waals surface area contributed by atoms with Crippen molar-refractivity contribution in [2.75, 3.05) is 6.61 Å². The van der Waals surface area contributed by atoms with Gasteiger partial charge in [-0.3, -0.25) is 14.9 Å². The highest BCUT2D eigenvalue weighted by molar-refractivity contribution is 5.73. The second-order valence-electron chi connectivity index (χ2n) is 3.22. The summed E-state index contributed by atoms with van der Waals surface area (Å²) in [7, 11) is 0. The lowest BCUT2D eigenvalue weighted by Gasteiger charge is -2.07. The molecule has 0 radical (unpaired) electrons. The van der Waals surface area contributed by atoms with Crippen LogP contribution in [-0.4, -0.2) is 17.4 Å². The molecule has 2 N–H and O–H groups in total. The Hall–Kier alpha value is -2.11. The van der Waals surface area contributed by atoms with Gasteiger partial charge in [0, 0.05) is 6.07 Å². The third-order valence-electron chi connectivity index (χ3n) is 2.06. The molecule has 0 saturated carbocycles. The molecule has 86 valence electrons. The predicted molar refractivity (Wildman–Crippen MR) is 57.1 cm³/mol. The first kappa shape index (κ1) is 12.0. The lowest BCUT2D eigenvalue weighted by Crippen LogP contribution is -2.14. The highest BCUT2D eigenvalue weighted by Crippen LogP contribution is 2.26. The molecule has 0 spiro atoms. The van der Waals surface area contributed by atoms with Crippen LogP contribution in [0.5, 0.6) is 5.75 Å². The third-order valence-corrected chi connectivity index (χ3v) is 2.06. The van der Waals surface area contributed by atoms with E-state index in [-0.39, 0.29) is 18.7 Å². The molecule has 6 heteroatoms. The fourth-order valence-electron chi connectivity index (χ4n) is 1.22. The number of nitro groups is 1. The predicted octanol–water partition coefficient (Wildman–Crippen LogP) is 1.16. The van der Waals surface area contributed by atoms with Crippen LogP contribution in [0, 0.1) is 17.0 Å². The van der Waals surface area contributed by atoms with Crippen molar-refractivity contribution in [3.8, 4) is 5.75 Å². The zero-order valence-electron chi connectivity index (χ0n) is 8.80. The van der Waals surface area contributed by atoms with E-state index >= 15 is 0 Å². The number of hydrogen-bond acceptors (Lipinski definition) is 4. The maximum Gasteiger partial charge on any atom is 0.276 e. The molecule has 1 aromatic carbocycles. The molecule has 0 saturated heterocycles. The number of nitro benzene ring substituents is 1. The second-order valence-corrected chi connectivity index (χ2v) is 3.22. The molecule has 0 unspecified atom stereocenters. The van der Waals surface area contributed by atoms with Gasteiger partial charge < -0.3 is 10.5 Å². The number of hydrogen-bond donors (Lipinski definition) is 1. The van der Waals surface area contributed by atoms with Gasteiger partial charge in [-0.2, -0.15) is 0 Å². The van der Waals surface area contributed by atoms with Gasteiger partial charge in [0.15, 0.2) is 0 Å². The summed E-state index contributed by atoms with van der Waals surface area (Å²) < 4.78 is 5.23. The van der Waals surface area contributed by atoms with E-state index in [1.807, 2.05) is 0 Å². The van der Waals surface area contributed by atoms with Gasteiger partial charge in [-0.25, -0.2) is 0 Å². The summed E-state index contributed by atoms with van der Waals surface area (Å²) in [6, 6.07) is 4.55. The highest BCUT2D eigenvalue weighted by Gasteiger charge is 2.13. The quantitative estimate of drug-likeness (QED) is 0.599. The van der Waals surface area contributed by atoms with Gasteiger partial charge in [-0.1, -0.05) is 6.07 Å². The van der Waals surface area contributed by atoms with Crippen LogP contribution < -0.4 is 10.5 Å². The minimum Gasteiger partial charge on any atom is -0.493 e. The van der Waals surface area contributed by atoms with E-state index in [2.05, 4.69) is 0 Å². The maximum atomic E-state index is 10.6. The maximum absolute atomic E-state index is 10.6. The monoisotopic (exact) mass is 224 g/mol. The van der Waals surface area contributed by atoms with Crippen molar-refractivity contribution in [3.05, 3.63) is 33.9 Å². The fraction of sp³-hybridized carbons (Fsp3) is 0.300. The molecule has 0 aromatic heterocycles. The highest BCUT2D eigenvalue weighted by atomic mass is 16.6. The number of nitrogens with two attached hydrogens (primary N) is 1. The summed E-state index contributed by atoms with van der Waals surface area (Å²) in [5.41, 5.74) is 5.38. The number of amides is 1. The Morgan fingerprint density at radius 2 is 2.25 bits per heavy atom. The Bertz CT molecular complexity index is 417. The first-order chi connectivity index (χ1) is 7.52. The number of carbonyl (C=O) groups excluding carboxylic acids is 1. The Morgan fingerprint density at radius 1 is 1.56 bits per heavy atom. The van der Waals surface area contributed by atoms with Gasteiger partial charge in [0.2, 0.25) is 5.91 Å². The molecule has 1 aromatic rings. The van der Waals surface area contributed by atoms with Crippen molar-refractivity contribution in [2.24, 2.45) is 5.73 Å². The molecule has 16 heavy (non-hydrogen) atoms. The second kappa shape index (κ2) is 5.11. The van der Waals surface area contributed by atoms with E-state index in [0.717, 1.165) is 0 Å². The Morgan fingerprint density at radius 3 is 2.81 bits per heavy atom. The average molecular weight is 224 g/mol. The molecular formula is C10H12N2O4. The zero-order chi connectivity index (χ0) is 12.1. The Labute approximate surface area is 92.2 Å². The van der Waals surface area contributed by atoms with Crippen LogP contribution in [-0.2, 0) is 4.79 Å². The lowest BCUT2D eigenvalue weighted by atomic mass is 10.2. The van der Waals surface area contributed by atoms with Crippen molar-refractivity contribution in [1.82, 2.24) is 0 Å². The minimum absolute atomic E-state index is 0.00317. The zero-order valence-corrected chi connectivity index (χ0v) is 8.80. The third kappa shape index (κ3) is 2.94. The number of nitrogens with zero attached hydrogens (tertiary/aromatic N) is 1. The number of primary amides is 1. The number of benzene rings is 1. The lowest BCUT2D eigenvalue weighted by molar-refractivity contribution is -0.385. The molecule has 1 amide bonds. The summed E-state index contributed by atoms with van der Waals surface area (Å²) in [5, 5.41) is 10.6. The molecule has 0 aliphatic carbocycles. The smallest absolute Gasteiger partial charge is 0.276 e. The van der Waals surface area contributed by atoms with Gasteiger partial charge in [0.25, 0.3) is 5.69 Å².